The Hall–Kier alpha value is -2.28. The number of alkyl halides is 1. The lowest BCUT2D eigenvalue weighted by Crippen LogP contribution is -2.48. The average Bonchev–Trinajstić information content (AvgIpc) is 2.65. The van der Waals surface area contributed by atoms with Crippen LogP contribution in [0.3, 0.4) is 0 Å². The predicted molar refractivity (Wildman–Crippen MR) is 91.6 cm³/mol. The largest absolute Gasteiger partial charge is 0.395 e. The Morgan fingerprint density at radius 1 is 1.44 bits per heavy atom. The second-order valence-electron chi connectivity index (χ2n) is 5.50. The Labute approximate surface area is 153 Å². The van der Waals surface area contributed by atoms with E-state index in [0.717, 1.165) is 10.8 Å². The van der Waals surface area contributed by atoms with Gasteiger partial charge in [-0.25, -0.2) is 9.18 Å². The van der Waals surface area contributed by atoms with Crippen LogP contribution in [0.4, 0.5) is 10.2 Å². The second-order valence-corrected chi connectivity index (χ2v) is 5.50. The van der Waals surface area contributed by atoms with Crippen molar-refractivity contribution in [1.82, 2.24) is 9.55 Å². The van der Waals surface area contributed by atoms with Gasteiger partial charge in [0.25, 0.3) is 0 Å². The fourth-order valence-corrected chi connectivity index (χ4v) is 2.26. The van der Waals surface area contributed by atoms with E-state index in [-0.39, 0.29) is 32.1 Å². The summed E-state index contributed by atoms with van der Waals surface area (Å²) in [4.78, 5) is 20.0. The number of aliphatic hydroxyl groups excluding tert-OH is 4. The predicted octanol–water partition coefficient (Wildman–Crippen LogP) is -1.10. The molecule has 1 aromatic heterocycles. The van der Waals surface area contributed by atoms with Gasteiger partial charge in [0.15, 0.2) is 12.0 Å². The Morgan fingerprint density at radius 3 is 2.48 bits per heavy atom. The Morgan fingerprint density at radius 2 is 2.07 bits per heavy atom. The summed E-state index contributed by atoms with van der Waals surface area (Å²) in [5.74, 6) is 0.149. The van der Waals surface area contributed by atoms with Gasteiger partial charge in [-0.05, 0) is 18.5 Å². The summed E-state index contributed by atoms with van der Waals surface area (Å²) in [6.45, 7) is -1.26. The third-order valence-electron chi connectivity index (χ3n) is 3.75. The monoisotopic (exact) mass is 390 g/mol. The Bertz CT molecular complexity index is 691. The first-order valence-corrected chi connectivity index (χ1v) is 8.03. The molecule has 0 unspecified atom stereocenters. The first kappa shape index (κ1) is 22.8. The maximum absolute atomic E-state index is 13.5. The van der Waals surface area contributed by atoms with Gasteiger partial charge in [0, 0.05) is 24.2 Å². The molecule has 0 aliphatic rings. The van der Waals surface area contributed by atoms with Gasteiger partial charge in [-0.1, -0.05) is 5.11 Å². The second kappa shape index (κ2) is 10.8. The molecule has 0 amide bonds. The van der Waals surface area contributed by atoms with Crippen molar-refractivity contribution in [2.45, 2.75) is 25.0 Å². The van der Waals surface area contributed by atoms with E-state index >= 15 is 0 Å². The normalized spacial score (nSPS) is 15.5. The van der Waals surface area contributed by atoms with E-state index in [9.17, 15) is 19.4 Å². The molecule has 3 atom stereocenters. The van der Waals surface area contributed by atoms with Crippen LogP contribution in [0, 0.1) is 0 Å². The van der Waals surface area contributed by atoms with Gasteiger partial charge < -0.3 is 30.1 Å². The molecule has 0 radical (unpaired) electrons. The van der Waals surface area contributed by atoms with Crippen molar-refractivity contribution in [3.8, 4) is 0 Å². The molecule has 0 aromatic carbocycles. The number of rotatable bonds is 12. The lowest BCUT2D eigenvalue weighted by atomic mass is 10.1. The zero-order valence-electron chi connectivity index (χ0n) is 14.7. The molecule has 1 heterocycles. The van der Waals surface area contributed by atoms with Crippen molar-refractivity contribution >= 4 is 5.82 Å². The van der Waals surface area contributed by atoms with Crippen molar-refractivity contribution < 1.29 is 29.6 Å². The van der Waals surface area contributed by atoms with E-state index < -0.39 is 37.0 Å². The molecule has 1 rings (SSSR count). The number of anilines is 1. The molecule has 0 saturated heterocycles. The van der Waals surface area contributed by atoms with Crippen molar-refractivity contribution in [2.24, 2.45) is 5.11 Å². The maximum Gasteiger partial charge on any atom is 0.351 e. The SMILES string of the molecule is C[C@@H](O)[C@](CO)(N=[N+]=[N-])O[C@H](CF)n1ccc(N(CCO)CCO)nc1=O. The lowest BCUT2D eigenvalue weighted by molar-refractivity contribution is -0.193. The van der Waals surface area contributed by atoms with Gasteiger partial charge in [0.2, 0.25) is 0 Å². The number of azide groups is 1. The van der Waals surface area contributed by atoms with Crippen LogP contribution in [-0.4, -0.2) is 81.4 Å². The zero-order chi connectivity index (χ0) is 20.4. The summed E-state index contributed by atoms with van der Waals surface area (Å²) in [6.07, 6.45) is -1.97. The minimum atomic E-state index is -2.19. The molecule has 0 bridgehead atoms. The van der Waals surface area contributed by atoms with Gasteiger partial charge in [-0.3, -0.25) is 4.57 Å². The molecule has 152 valence electrons. The molecular formula is C14H23FN6O6. The highest BCUT2D eigenvalue weighted by atomic mass is 19.1. The molecule has 0 spiro atoms. The summed E-state index contributed by atoms with van der Waals surface area (Å²) in [5.41, 5.74) is 5.51. The van der Waals surface area contributed by atoms with Gasteiger partial charge in [0.1, 0.15) is 12.5 Å². The molecule has 12 nitrogen and oxygen atoms in total. The van der Waals surface area contributed by atoms with Gasteiger partial charge >= 0.3 is 5.69 Å². The molecule has 0 fully saturated rings. The molecule has 27 heavy (non-hydrogen) atoms. The van der Waals surface area contributed by atoms with Crippen LogP contribution in [0.1, 0.15) is 13.2 Å². The third-order valence-corrected chi connectivity index (χ3v) is 3.75. The van der Waals surface area contributed by atoms with Crippen molar-refractivity contribution in [3.63, 3.8) is 0 Å². The Kier molecular flexibility index (Phi) is 9.08. The van der Waals surface area contributed by atoms with Crippen LogP contribution in [0.25, 0.3) is 10.4 Å². The highest BCUT2D eigenvalue weighted by molar-refractivity contribution is 5.36. The smallest absolute Gasteiger partial charge is 0.351 e. The van der Waals surface area contributed by atoms with Crippen LogP contribution in [0.5, 0.6) is 0 Å². The molecule has 0 saturated carbocycles. The first-order chi connectivity index (χ1) is 12.9. The quantitative estimate of drug-likeness (QED) is 0.197. The number of hydrogen-bond acceptors (Lipinski definition) is 9. The Balaban J connectivity index is 3.21. The summed E-state index contributed by atoms with van der Waals surface area (Å²) >= 11 is 0. The zero-order valence-corrected chi connectivity index (χ0v) is 14.7. The van der Waals surface area contributed by atoms with Crippen LogP contribution in [-0.2, 0) is 4.74 Å². The van der Waals surface area contributed by atoms with Crippen LogP contribution in [0.2, 0.25) is 0 Å². The molecule has 0 aliphatic heterocycles. The third kappa shape index (κ3) is 5.60. The van der Waals surface area contributed by atoms with Crippen molar-refractivity contribution in [1.29, 1.82) is 0 Å². The number of hydrogen-bond donors (Lipinski definition) is 4. The summed E-state index contributed by atoms with van der Waals surface area (Å²) in [7, 11) is 0. The maximum atomic E-state index is 13.5. The van der Waals surface area contributed by atoms with Crippen molar-refractivity contribution in [2.75, 3.05) is 44.5 Å². The van der Waals surface area contributed by atoms with Crippen LogP contribution in [0.15, 0.2) is 22.2 Å². The van der Waals surface area contributed by atoms with E-state index in [1.807, 2.05) is 0 Å². The van der Waals surface area contributed by atoms with E-state index in [0.29, 0.717) is 0 Å². The average molecular weight is 390 g/mol. The molecule has 13 heteroatoms. The standard InChI is InChI=1S/C14H23FN6O6/c1-10(25)14(9-24,18-19-16)27-12(8-15)21-3-2-11(17-13(21)26)20(4-6-22)5-7-23/h2-3,10,12,22-25H,4-9H2,1H3/t10-,12-,14-/m1/s1. The highest BCUT2D eigenvalue weighted by Crippen LogP contribution is 2.25. The minimum absolute atomic E-state index is 0.118. The molecule has 4 N–H and O–H groups in total. The van der Waals surface area contributed by atoms with E-state index in [4.69, 9.17) is 20.5 Å². The van der Waals surface area contributed by atoms with Crippen LogP contribution >= 0.6 is 0 Å². The summed E-state index contributed by atoms with van der Waals surface area (Å²) in [6, 6.07) is 1.34. The lowest BCUT2D eigenvalue weighted by Gasteiger charge is -2.33. The van der Waals surface area contributed by atoms with E-state index in [1.54, 1.807) is 0 Å². The fraction of sp³-hybridized carbons (Fsp3) is 0.714. The number of halogens is 1. The van der Waals surface area contributed by atoms with Crippen molar-refractivity contribution in [3.05, 3.63) is 33.2 Å². The first-order valence-electron chi connectivity index (χ1n) is 8.03. The van der Waals surface area contributed by atoms with Gasteiger partial charge in [0.05, 0.1) is 25.9 Å². The van der Waals surface area contributed by atoms with Gasteiger partial charge in [-0.15, -0.1) is 0 Å². The van der Waals surface area contributed by atoms with E-state index in [2.05, 4.69) is 15.0 Å². The molecule has 0 aliphatic carbocycles. The number of nitrogens with zero attached hydrogens (tertiary/aromatic N) is 6. The minimum Gasteiger partial charge on any atom is -0.395 e. The topological polar surface area (TPSA) is 177 Å². The number of ether oxygens (including phenoxy) is 1. The van der Waals surface area contributed by atoms with Crippen LogP contribution < -0.4 is 10.6 Å². The van der Waals surface area contributed by atoms with E-state index in [1.165, 1.54) is 17.9 Å². The van der Waals surface area contributed by atoms with Gasteiger partial charge in [-0.2, -0.15) is 4.98 Å². The highest BCUT2D eigenvalue weighted by Gasteiger charge is 2.39. The fourth-order valence-electron chi connectivity index (χ4n) is 2.26. The number of aliphatic hydroxyl groups is 4. The molecular weight excluding hydrogens is 367 g/mol. The number of aromatic nitrogens is 2. The summed E-state index contributed by atoms with van der Waals surface area (Å²) in [5, 5.41) is 40.5. The summed E-state index contributed by atoms with van der Waals surface area (Å²) < 4.78 is 19.5. The molecule has 1 aromatic rings.